The number of sulfonamides is 1. The molecule has 0 amide bonds. The molecule has 1 aliphatic rings. The summed E-state index contributed by atoms with van der Waals surface area (Å²) >= 11 is 0. The van der Waals surface area contributed by atoms with Gasteiger partial charge in [-0.3, -0.25) is 15.0 Å². The zero-order chi connectivity index (χ0) is 14.6. The van der Waals surface area contributed by atoms with E-state index in [-0.39, 0.29) is 10.6 Å². The minimum atomic E-state index is -3.88. The molecule has 1 heterocycles. The summed E-state index contributed by atoms with van der Waals surface area (Å²) in [5.41, 5.74) is -0.180. The van der Waals surface area contributed by atoms with E-state index in [9.17, 15) is 18.5 Å². The molecule has 1 saturated heterocycles. The monoisotopic (exact) mass is 302 g/mol. The van der Waals surface area contributed by atoms with Gasteiger partial charge in [0, 0.05) is 25.2 Å². The molecule has 0 radical (unpaired) electrons. The molecule has 0 aromatic heterocycles. The zero-order valence-electron chi connectivity index (χ0n) is 10.5. The Morgan fingerprint density at radius 3 is 2.55 bits per heavy atom. The van der Waals surface area contributed by atoms with Crippen LogP contribution in [0.25, 0.3) is 0 Å². The van der Waals surface area contributed by atoms with Crippen LogP contribution >= 0.6 is 0 Å². The van der Waals surface area contributed by atoms with Gasteiger partial charge in [0.15, 0.2) is 6.29 Å². The Hall–Kier alpha value is -1.55. The van der Waals surface area contributed by atoms with Gasteiger partial charge in [-0.25, -0.2) is 8.42 Å². The molecule has 0 spiro atoms. The normalized spacial score (nSPS) is 19.7. The SMILES string of the molecule is O=[N+]([O-])c1ccc(S(=O)(=O)NOC2CCCCO2)cc1. The summed E-state index contributed by atoms with van der Waals surface area (Å²) in [6, 6.07) is 4.52. The summed E-state index contributed by atoms with van der Waals surface area (Å²) in [7, 11) is -3.88. The Kier molecular flexibility index (Phi) is 4.65. The van der Waals surface area contributed by atoms with Crippen LogP contribution in [0, 0.1) is 10.1 Å². The largest absolute Gasteiger partial charge is 0.351 e. The van der Waals surface area contributed by atoms with E-state index in [2.05, 4.69) is 0 Å². The highest BCUT2D eigenvalue weighted by molar-refractivity contribution is 7.89. The first-order chi connectivity index (χ1) is 9.49. The molecule has 1 aromatic rings. The quantitative estimate of drug-likeness (QED) is 0.649. The maximum atomic E-state index is 11.9. The average Bonchev–Trinajstić information content (AvgIpc) is 2.46. The van der Waals surface area contributed by atoms with Gasteiger partial charge in [-0.2, -0.15) is 0 Å². The average molecular weight is 302 g/mol. The predicted molar refractivity (Wildman–Crippen MR) is 68.1 cm³/mol. The number of hydrogen-bond acceptors (Lipinski definition) is 6. The van der Waals surface area contributed by atoms with Gasteiger partial charge in [0.1, 0.15) is 0 Å². The minimum Gasteiger partial charge on any atom is -0.351 e. The second-order valence-electron chi connectivity index (χ2n) is 4.25. The van der Waals surface area contributed by atoms with Gasteiger partial charge in [-0.15, -0.1) is 0 Å². The van der Waals surface area contributed by atoms with E-state index in [4.69, 9.17) is 9.57 Å². The Balaban J connectivity index is 2.00. The number of hydrogen-bond donors (Lipinski definition) is 1. The lowest BCUT2D eigenvalue weighted by Crippen LogP contribution is -2.33. The first-order valence-corrected chi connectivity index (χ1v) is 7.51. The summed E-state index contributed by atoms with van der Waals surface area (Å²) in [6.45, 7) is 0.532. The zero-order valence-corrected chi connectivity index (χ0v) is 11.3. The highest BCUT2D eigenvalue weighted by Crippen LogP contribution is 2.17. The van der Waals surface area contributed by atoms with E-state index in [1.54, 1.807) is 0 Å². The Morgan fingerprint density at radius 1 is 1.30 bits per heavy atom. The molecule has 1 atom stereocenters. The van der Waals surface area contributed by atoms with Gasteiger partial charge in [0.2, 0.25) is 0 Å². The highest BCUT2D eigenvalue weighted by Gasteiger charge is 2.20. The number of rotatable bonds is 5. The van der Waals surface area contributed by atoms with E-state index in [0.717, 1.165) is 37.1 Å². The van der Waals surface area contributed by atoms with Gasteiger partial charge in [-0.1, -0.05) is 4.89 Å². The lowest BCUT2D eigenvalue weighted by atomic mass is 10.2. The van der Waals surface area contributed by atoms with Crippen molar-refractivity contribution in [3.05, 3.63) is 34.4 Å². The molecule has 2 rings (SSSR count). The summed E-state index contributed by atoms with van der Waals surface area (Å²) in [4.78, 5) is 16.7. The van der Waals surface area contributed by atoms with Crippen molar-refractivity contribution in [3.8, 4) is 0 Å². The fourth-order valence-corrected chi connectivity index (χ4v) is 2.54. The molecule has 1 fully saturated rings. The number of nitrogens with one attached hydrogen (secondary N) is 1. The van der Waals surface area contributed by atoms with Gasteiger partial charge < -0.3 is 4.74 Å². The van der Waals surface area contributed by atoms with E-state index in [1.165, 1.54) is 0 Å². The number of benzene rings is 1. The Morgan fingerprint density at radius 2 is 2.00 bits per heavy atom. The number of nitro groups is 1. The molecular formula is C11H14N2O6S. The third kappa shape index (κ3) is 3.73. The number of non-ortho nitro benzene ring substituents is 1. The summed E-state index contributed by atoms with van der Waals surface area (Å²) in [5, 5.41) is 10.5. The molecule has 1 N–H and O–H groups in total. The van der Waals surface area contributed by atoms with Crippen LogP contribution in [0.4, 0.5) is 5.69 Å². The maximum Gasteiger partial charge on any atom is 0.269 e. The third-order valence-electron chi connectivity index (χ3n) is 2.79. The van der Waals surface area contributed by atoms with Crippen molar-refractivity contribution >= 4 is 15.7 Å². The molecule has 1 aromatic carbocycles. The molecule has 110 valence electrons. The van der Waals surface area contributed by atoms with Crippen LogP contribution in [-0.2, 0) is 19.6 Å². The maximum absolute atomic E-state index is 11.9. The van der Waals surface area contributed by atoms with Gasteiger partial charge in [0.25, 0.3) is 15.7 Å². The summed E-state index contributed by atoms with van der Waals surface area (Å²) < 4.78 is 29.0. The van der Waals surface area contributed by atoms with E-state index < -0.39 is 21.2 Å². The first kappa shape index (κ1) is 14.9. The van der Waals surface area contributed by atoms with Crippen molar-refractivity contribution in [2.45, 2.75) is 30.4 Å². The molecule has 0 bridgehead atoms. The van der Waals surface area contributed by atoms with E-state index in [0.29, 0.717) is 13.0 Å². The topological polar surface area (TPSA) is 108 Å². The van der Waals surface area contributed by atoms with Crippen molar-refractivity contribution in [3.63, 3.8) is 0 Å². The smallest absolute Gasteiger partial charge is 0.269 e. The van der Waals surface area contributed by atoms with Crippen molar-refractivity contribution in [2.24, 2.45) is 0 Å². The standard InChI is InChI=1S/C11H14N2O6S/c14-13(15)9-4-6-10(7-5-9)20(16,17)12-19-11-3-1-2-8-18-11/h4-7,11-12H,1-3,8H2. The lowest BCUT2D eigenvalue weighted by molar-refractivity contribution is -0.384. The second-order valence-corrected chi connectivity index (χ2v) is 5.90. The fraction of sp³-hybridized carbons (Fsp3) is 0.455. The summed E-state index contributed by atoms with van der Waals surface area (Å²) in [5.74, 6) is 0. The van der Waals surface area contributed by atoms with E-state index in [1.807, 2.05) is 4.89 Å². The number of nitro benzene ring substituents is 1. The molecule has 8 nitrogen and oxygen atoms in total. The van der Waals surface area contributed by atoms with Crippen LogP contribution in [0.5, 0.6) is 0 Å². The Labute approximate surface area is 115 Å². The van der Waals surface area contributed by atoms with E-state index >= 15 is 0 Å². The van der Waals surface area contributed by atoms with Gasteiger partial charge in [-0.05, 0) is 25.0 Å². The van der Waals surface area contributed by atoms with Crippen molar-refractivity contribution in [1.82, 2.24) is 4.89 Å². The highest BCUT2D eigenvalue weighted by atomic mass is 32.2. The van der Waals surface area contributed by atoms with Gasteiger partial charge >= 0.3 is 0 Å². The van der Waals surface area contributed by atoms with Crippen LogP contribution in [0.2, 0.25) is 0 Å². The molecule has 9 heteroatoms. The summed E-state index contributed by atoms with van der Waals surface area (Å²) in [6.07, 6.45) is 1.85. The number of nitrogens with zero attached hydrogens (tertiary/aromatic N) is 1. The molecule has 1 unspecified atom stereocenters. The number of ether oxygens (including phenoxy) is 1. The van der Waals surface area contributed by atoms with Crippen molar-refractivity contribution < 1.29 is 22.9 Å². The molecule has 0 aliphatic carbocycles. The van der Waals surface area contributed by atoms with Crippen LogP contribution in [0.15, 0.2) is 29.2 Å². The predicted octanol–water partition coefficient (Wildman–Crippen LogP) is 1.33. The lowest BCUT2D eigenvalue weighted by Gasteiger charge is -2.22. The molecular weight excluding hydrogens is 288 g/mol. The van der Waals surface area contributed by atoms with Gasteiger partial charge in [0.05, 0.1) is 9.82 Å². The molecule has 0 saturated carbocycles. The van der Waals surface area contributed by atoms with Crippen molar-refractivity contribution in [1.29, 1.82) is 0 Å². The minimum absolute atomic E-state index is 0.112. The first-order valence-electron chi connectivity index (χ1n) is 6.02. The van der Waals surface area contributed by atoms with Crippen molar-refractivity contribution in [2.75, 3.05) is 6.61 Å². The molecule has 20 heavy (non-hydrogen) atoms. The fourth-order valence-electron chi connectivity index (χ4n) is 1.72. The van der Waals surface area contributed by atoms with Crippen LogP contribution < -0.4 is 4.89 Å². The van der Waals surface area contributed by atoms with Crippen LogP contribution in [-0.4, -0.2) is 26.2 Å². The Bertz CT molecular complexity index is 565. The third-order valence-corrected chi connectivity index (χ3v) is 3.99. The van der Waals surface area contributed by atoms with Crippen LogP contribution in [0.3, 0.4) is 0 Å². The molecule has 1 aliphatic heterocycles. The van der Waals surface area contributed by atoms with Crippen LogP contribution in [0.1, 0.15) is 19.3 Å². The second kappa shape index (κ2) is 6.27.